The van der Waals surface area contributed by atoms with E-state index in [9.17, 15) is 4.79 Å². The van der Waals surface area contributed by atoms with Crippen molar-refractivity contribution in [2.75, 3.05) is 20.0 Å². The van der Waals surface area contributed by atoms with Gasteiger partial charge in [0.25, 0.3) is 0 Å². The molecule has 0 spiro atoms. The topological polar surface area (TPSA) is 80.7 Å². The minimum absolute atomic E-state index is 0.0912. The molecular formula is C15H16N2O4S2. The van der Waals surface area contributed by atoms with Crippen LogP contribution >= 0.6 is 23.1 Å². The monoisotopic (exact) mass is 352 g/mol. The van der Waals surface area contributed by atoms with Crippen LogP contribution in [0.5, 0.6) is 11.5 Å². The molecule has 2 aromatic rings. The number of thioether (sulfide) groups is 1. The van der Waals surface area contributed by atoms with Crippen LogP contribution in [0.2, 0.25) is 0 Å². The number of aliphatic carboxylic acids is 1. The Bertz CT molecular complexity index is 719. The third-order valence-electron chi connectivity index (χ3n) is 3.50. The average molecular weight is 352 g/mol. The fourth-order valence-electron chi connectivity index (χ4n) is 2.30. The van der Waals surface area contributed by atoms with E-state index in [1.54, 1.807) is 32.2 Å². The molecule has 1 fully saturated rings. The Morgan fingerprint density at radius 2 is 2.22 bits per heavy atom. The van der Waals surface area contributed by atoms with Crippen molar-refractivity contribution in [3.63, 3.8) is 0 Å². The number of ether oxygens (including phenoxy) is 2. The smallest absolute Gasteiger partial charge is 0.321 e. The summed E-state index contributed by atoms with van der Waals surface area (Å²) >= 11 is 3.08. The van der Waals surface area contributed by atoms with Crippen molar-refractivity contribution < 1.29 is 19.4 Å². The molecule has 122 valence electrons. The van der Waals surface area contributed by atoms with Crippen LogP contribution in [-0.2, 0) is 4.79 Å². The fraction of sp³-hybridized carbons (Fsp3) is 0.333. The van der Waals surface area contributed by atoms with Crippen molar-refractivity contribution in [2.24, 2.45) is 0 Å². The highest BCUT2D eigenvalue weighted by molar-refractivity contribution is 7.99. The number of carboxylic acids is 1. The number of benzene rings is 1. The largest absolute Gasteiger partial charge is 0.497 e. The number of nitrogens with one attached hydrogen (secondary N) is 1. The van der Waals surface area contributed by atoms with Crippen LogP contribution in [0.4, 0.5) is 0 Å². The molecule has 3 rings (SSSR count). The molecule has 1 saturated heterocycles. The van der Waals surface area contributed by atoms with Gasteiger partial charge in [-0.05, 0) is 18.2 Å². The van der Waals surface area contributed by atoms with E-state index in [1.807, 2.05) is 18.2 Å². The van der Waals surface area contributed by atoms with Crippen molar-refractivity contribution in [3.8, 4) is 21.9 Å². The summed E-state index contributed by atoms with van der Waals surface area (Å²) in [6.45, 7) is 0. The molecule has 2 atom stereocenters. The normalized spacial score (nSPS) is 20.4. The van der Waals surface area contributed by atoms with Crippen LogP contribution in [0.15, 0.2) is 24.4 Å². The second-order valence-corrected chi connectivity index (χ2v) is 7.10. The van der Waals surface area contributed by atoms with Crippen molar-refractivity contribution in [2.45, 2.75) is 11.4 Å². The van der Waals surface area contributed by atoms with Gasteiger partial charge in [0.05, 0.1) is 19.1 Å². The Hall–Kier alpha value is -1.77. The highest BCUT2D eigenvalue weighted by Gasteiger charge is 2.32. The zero-order valence-corrected chi connectivity index (χ0v) is 14.2. The average Bonchev–Trinajstić information content (AvgIpc) is 3.23. The summed E-state index contributed by atoms with van der Waals surface area (Å²) < 4.78 is 10.7. The molecule has 1 aromatic carbocycles. The summed E-state index contributed by atoms with van der Waals surface area (Å²) in [5.74, 6) is 1.20. The summed E-state index contributed by atoms with van der Waals surface area (Å²) in [4.78, 5) is 16.4. The number of hydrogen-bond acceptors (Lipinski definition) is 7. The van der Waals surface area contributed by atoms with Gasteiger partial charge in [0.15, 0.2) is 0 Å². The number of carboxylic acid groups (broad SMARTS) is 1. The van der Waals surface area contributed by atoms with E-state index in [0.29, 0.717) is 5.75 Å². The summed E-state index contributed by atoms with van der Waals surface area (Å²) in [5, 5.41) is 12.9. The van der Waals surface area contributed by atoms with Gasteiger partial charge in [-0.15, -0.1) is 23.1 Å². The quantitative estimate of drug-likeness (QED) is 0.856. The summed E-state index contributed by atoms with van der Waals surface area (Å²) in [7, 11) is 3.24. The fourth-order valence-corrected chi connectivity index (χ4v) is 4.61. The Kier molecular flexibility index (Phi) is 4.74. The Morgan fingerprint density at radius 1 is 1.39 bits per heavy atom. The molecule has 1 aliphatic rings. The number of rotatable bonds is 5. The molecular weight excluding hydrogens is 336 g/mol. The molecule has 0 bridgehead atoms. The molecule has 0 saturated carbocycles. The maximum absolute atomic E-state index is 11.0. The van der Waals surface area contributed by atoms with Gasteiger partial charge >= 0.3 is 5.97 Å². The summed E-state index contributed by atoms with van der Waals surface area (Å²) in [6, 6.07) is 5.08. The highest BCUT2D eigenvalue weighted by atomic mass is 32.2. The third-order valence-corrected chi connectivity index (χ3v) is 5.96. The Morgan fingerprint density at radius 3 is 2.87 bits per heavy atom. The zero-order chi connectivity index (χ0) is 16.4. The van der Waals surface area contributed by atoms with Crippen LogP contribution in [0.25, 0.3) is 10.4 Å². The lowest BCUT2D eigenvalue weighted by Gasteiger charge is -2.09. The van der Waals surface area contributed by atoms with Gasteiger partial charge < -0.3 is 14.6 Å². The SMILES string of the molecule is COc1ccc(OC)c(-c2cnc(C3NC(C(=O)O)CS3)s2)c1. The van der Waals surface area contributed by atoms with E-state index in [4.69, 9.17) is 14.6 Å². The second-order valence-electron chi connectivity index (χ2n) is 4.90. The lowest BCUT2D eigenvalue weighted by molar-refractivity contribution is -0.138. The molecule has 23 heavy (non-hydrogen) atoms. The maximum atomic E-state index is 11.0. The van der Waals surface area contributed by atoms with Crippen LogP contribution in [-0.4, -0.2) is 42.1 Å². The first-order chi connectivity index (χ1) is 11.1. The number of carbonyl (C=O) groups is 1. The van der Waals surface area contributed by atoms with E-state index in [2.05, 4.69) is 10.3 Å². The van der Waals surface area contributed by atoms with E-state index >= 15 is 0 Å². The third kappa shape index (κ3) is 3.29. The van der Waals surface area contributed by atoms with E-state index in [1.165, 1.54) is 11.3 Å². The summed E-state index contributed by atoms with van der Waals surface area (Å²) in [5.41, 5.74) is 0.911. The van der Waals surface area contributed by atoms with Gasteiger partial charge in [0, 0.05) is 17.5 Å². The van der Waals surface area contributed by atoms with Crippen molar-refractivity contribution in [1.29, 1.82) is 0 Å². The molecule has 8 heteroatoms. The number of aromatic nitrogens is 1. The highest BCUT2D eigenvalue weighted by Crippen LogP contribution is 2.41. The number of nitrogens with zero attached hydrogens (tertiary/aromatic N) is 1. The first-order valence-corrected chi connectivity index (χ1v) is 8.77. The van der Waals surface area contributed by atoms with E-state index in [-0.39, 0.29) is 5.37 Å². The molecule has 6 nitrogen and oxygen atoms in total. The van der Waals surface area contributed by atoms with Gasteiger partial charge in [-0.3, -0.25) is 10.1 Å². The minimum Gasteiger partial charge on any atom is -0.497 e. The van der Waals surface area contributed by atoms with Crippen LogP contribution < -0.4 is 14.8 Å². The molecule has 1 aliphatic heterocycles. The first kappa shape index (κ1) is 16.1. The van der Waals surface area contributed by atoms with Gasteiger partial charge in [-0.25, -0.2) is 4.98 Å². The molecule has 2 unspecified atom stereocenters. The second kappa shape index (κ2) is 6.77. The van der Waals surface area contributed by atoms with Crippen LogP contribution in [0.1, 0.15) is 10.4 Å². The molecule has 0 aliphatic carbocycles. The van der Waals surface area contributed by atoms with Gasteiger partial charge in [-0.1, -0.05) is 0 Å². The van der Waals surface area contributed by atoms with Crippen molar-refractivity contribution >= 4 is 29.1 Å². The minimum atomic E-state index is -0.828. The lowest BCUT2D eigenvalue weighted by Crippen LogP contribution is -2.33. The summed E-state index contributed by atoms with van der Waals surface area (Å²) in [6.07, 6.45) is 1.79. The van der Waals surface area contributed by atoms with E-state index < -0.39 is 12.0 Å². The molecule has 0 radical (unpaired) electrons. The number of thiazole rings is 1. The predicted molar refractivity (Wildman–Crippen MR) is 90.4 cm³/mol. The number of methoxy groups -OCH3 is 2. The lowest BCUT2D eigenvalue weighted by atomic mass is 10.1. The Labute approximate surface area is 141 Å². The van der Waals surface area contributed by atoms with Crippen molar-refractivity contribution in [1.82, 2.24) is 10.3 Å². The van der Waals surface area contributed by atoms with Crippen LogP contribution in [0.3, 0.4) is 0 Å². The maximum Gasteiger partial charge on any atom is 0.321 e. The first-order valence-electron chi connectivity index (χ1n) is 6.91. The van der Waals surface area contributed by atoms with E-state index in [0.717, 1.165) is 26.9 Å². The zero-order valence-electron chi connectivity index (χ0n) is 12.6. The van der Waals surface area contributed by atoms with Gasteiger partial charge in [-0.2, -0.15) is 0 Å². The predicted octanol–water partition coefficient (Wildman–Crippen LogP) is 2.62. The van der Waals surface area contributed by atoms with Crippen molar-refractivity contribution in [3.05, 3.63) is 29.4 Å². The molecule has 2 heterocycles. The molecule has 0 amide bonds. The van der Waals surface area contributed by atoms with Crippen LogP contribution in [0, 0.1) is 0 Å². The standard InChI is InChI=1S/C15H16N2O4S2/c1-20-8-3-4-11(21-2)9(5-8)12-6-16-13(23-12)14-17-10(7-22-14)15(18)19/h3-6,10,14,17H,7H2,1-2H3,(H,18,19). The van der Waals surface area contributed by atoms with Gasteiger partial charge in [0.1, 0.15) is 27.9 Å². The Balaban J connectivity index is 1.86. The molecule has 1 aromatic heterocycles. The van der Waals surface area contributed by atoms with Gasteiger partial charge in [0.2, 0.25) is 0 Å². The molecule has 2 N–H and O–H groups in total. The number of hydrogen-bond donors (Lipinski definition) is 2.